The topological polar surface area (TPSA) is 43.8 Å². The number of aromatic nitrogens is 2. The maximum absolute atomic E-state index is 13.8. The number of hydrogen-bond acceptors (Lipinski definition) is 2. The van der Waals surface area contributed by atoms with Crippen molar-refractivity contribution < 1.29 is 8.78 Å². The fourth-order valence-corrected chi connectivity index (χ4v) is 1.95. The van der Waals surface area contributed by atoms with Crippen molar-refractivity contribution in [3.8, 4) is 5.69 Å². The van der Waals surface area contributed by atoms with Crippen molar-refractivity contribution >= 4 is 17.0 Å². The number of para-hydroxylation sites is 1. The van der Waals surface area contributed by atoms with Crippen LogP contribution in [0.1, 0.15) is 0 Å². The number of anilines is 1. The molecule has 0 amide bonds. The SMILES string of the molecule is Nc1nc2ccc(F)cc2n1-c1ccccc1F. The molecule has 3 rings (SSSR count). The van der Waals surface area contributed by atoms with Crippen molar-refractivity contribution in [3.63, 3.8) is 0 Å². The Morgan fingerprint density at radius 3 is 2.61 bits per heavy atom. The van der Waals surface area contributed by atoms with Crippen molar-refractivity contribution in [2.24, 2.45) is 0 Å². The number of rotatable bonds is 1. The largest absolute Gasteiger partial charge is 0.369 e. The van der Waals surface area contributed by atoms with E-state index in [0.717, 1.165) is 0 Å². The molecule has 5 heteroatoms. The summed E-state index contributed by atoms with van der Waals surface area (Å²) < 4.78 is 28.4. The zero-order chi connectivity index (χ0) is 12.7. The maximum atomic E-state index is 13.8. The Bertz CT molecular complexity index is 734. The lowest BCUT2D eigenvalue weighted by Crippen LogP contribution is -2.02. The summed E-state index contributed by atoms with van der Waals surface area (Å²) in [5, 5.41) is 0. The Morgan fingerprint density at radius 2 is 1.83 bits per heavy atom. The first-order valence-corrected chi connectivity index (χ1v) is 5.35. The second kappa shape index (κ2) is 3.80. The average Bonchev–Trinajstić information content (AvgIpc) is 2.66. The molecular weight excluding hydrogens is 236 g/mol. The van der Waals surface area contributed by atoms with Crippen LogP contribution < -0.4 is 5.73 Å². The van der Waals surface area contributed by atoms with Gasteiger partial charge in [0.05, 0.1) is 16.7 Å². The first-order chi connectivity index (χ1) is 8.66. The molecule has 90 valence electrons. The van der Waals surface area contributed by atoms with Gasteiger partial charge in [-0.25, -0.2) is 13.8 Å². The fourth-order valence-electron chi connectivity index (χ4n) is 1.95. The van der Waals surface area contributed by atoms with Crippen LogP contribution in [0.4, 0.5) is 14.7 Å². The minimum Gasteiger partial charge on any atom is -0.369 e. The molecule has 0 fully saturated rings. The zero-order valence-electron chi connectivity index (χ0n) is 9.27. The van der Waals surface area contributed by atoms with Crippen LogP contribution in [0.5, 0.6) is 0 Å². The summed E-state index contributed by atoms with van der Waals surface area (Å²) in [6, 6.07) is 10.2. The molecule has 0 aliphatic carbocycles. The molecule has 0 atom stereocenters. The van der Waals surface area contributed by atoms with Gasteiger partial charge < -0.3 is 5.73 Å². The van der Waals surface area contributed by atoms with E-state index >= 15 is 0 Å². The van der Waals surface area contributed by atoms with Crippen LogP contribution in [0, 0.1) is 11.6 Å². The van der Waals surface area contributed by atoms with Gasteiger partial charge in [0.25, 0.3) is 0 Å². The van der Waals surface area contributed by atoms with E-state index in [4.69, 9.17) is 5.73 Å². The van der Waals surface area contributed by atoms with Crippen molar-refractivity contribution in [2.45, 2.75) is 0 Å². The summed E-state index contributed by atoms with van der Waals surface area (Å²) in [4.78, 5) is 4.08. The molecular formula is C13H9F2N3. The van der Waals surface area contributed by atoms with Crippen LogP contribution in [0.2, 0.25) is 0 Å². The number of nitrogen functional groups attached to an aromatic ring is 1. The molecule has 0 bridgehead atoms. The molecule has 2 aromatic carbocycles. The molecule has 2 N–H and O–H groups in total. The predicted octanol–water partition coefficient (Wildman–Crippen LogP) is 2.89. The fraction of sp³-hybridized carbons (Fsp3) is 0. The number of benzene rings is 2. The molecule has 3 nitrogen and oxygen atoms in total. The highest BCUT2D eigenvalue weighted by Gasteiger charge is 2.13. The molecule has 0 saturated carbocycles. The molecule has 1 heterocycles. The third kappa shape index (κ3) is 1.52. The minimum atomic E-state index is -0.437. The molecule has 1 aromatic heterocycles. The van der Waals surface area contributed by atoms with Crippen LogP contribution in [0.15, 0.2) is 42.5 Å². The first-order valence-electron chi connectivity index (χ1n) is 5.35. The molecule has 0 saturated heterocycles. The number of imidazole rings is 1. The molecule has 0 unspecified atom stereocenters. The van der Waals surface area contributed by atoms with Gasteiger partial charge in [0.1, 0.15) is 11.6 Å². The third-order valence-corrected chi connectivity index (χ3v) is 2.74. The van der Waals surface area contributed by atoms with Crippen LogP contribution in [0.3, 0.4) is 0 Å². The molecule has 0 aliphatic heterocycles. The molecule has 0 radical (unpaired) electrons. The van der Waals surface area contributed by atoms with Crippen LogP contribution >= 0.6 is 0 Å². The van der Waals surface area contributed by atoms with E-state index in [9.17, 15) is 8.78 Å². The van der Waals surface area contributed by atoms with Gasteiger partial charge in [-0.3, -0.25) is 4.57 Å². The van der Waals surface area contributed by atoms with Gasteiger partial charge in [-0.2, -0.15) is 0 Å². The Kier molecular flexibility index (Phi) is 2.26. The molecule has 18 heavy (non-hydrogen) atoms. The molecule has 0 aliphatic rings. The average molecular weight is 245 g/mol. The summed E-state index contributed by atoms with van der Waals surface area (Å²) in [5.41, 5.74) is 6.99. The van der Waals surface area contributed by atoms with Gasteiger partial charge in [0.2, 0.25) is 5.95 Å². The predicted molar refractivity (Wildman–Crippen MR) is 65.4 cm³/mol. The Balaban J connectivity index is 2.38. The number of nitrogens with two attached hydrogens (primary N) is 1. The Hall–Kier alpha value is -2.43. The van der Waals surface area contributed by atoms with Crippen molar-refractivity contribution in [3.05, 3.63) is 54.1 Å². The monoisotopic (exact) mass is 245 g/mol. The standard InChI is InChI=1S/C13H9F2N3/c14-8-5-6-10-12(7-8)18(13(16)17-10)11-4-2-1-3-9(11)15/h1-7H,(H2,16,17). The van der Waals surface area contributed by atoms with E-state index in [1.807, 2.05) is 0 Å². The van der Waals surface area contributed by atoms with E-state index in [1.165, 1.54) is 28.8 Å². The highest BCUT2D eigenvalue weighted by Crippen LogP contribution is 2.25. The molecule has 3 aromatic rings. The third-order valence-electron chi connectivity index (χ3n) is 2.74. The summed E-state index contributed by atoms with van der Waals surface area (Å²) in [6.45, 7) is 0. The summed E-state index contributed by atoms with van der Waals surface area (Å²) in [5.74, 6) is -0.728. The van der Waals surface area contributed by atoms with E-state index in [-0.39, 0.29) is 11.6 Å². The smallest absolute Gasteiger partial charge is 0.206 e. The van der Waals surface area contributed by atoms with E-state index in [0.29, 0.717) is 11.0 Å². The van der Waals surface area contributed by atoms with E-state index in [2.05, 4.69) is 4.98 Å². The van der Waals surface area contributed by atoms with Gasteiger partial charge in [-0.1, -0.05) is 12.1 Å². The summed E-state index contributed by atoms with van der Waals surface area (Å²) in [7, 11) is 0. The maximum Gasteiger partial charge on any atom is 0.206 e. The minimum absolute atomic E-state index is 0.126. The summed E-state index contributed by atoms with van der Waals surface area (Å²) in [6.07, 6.45) is 0. The lowest BCUT2D eigenvalue weighted by molar-refractivity contribution is 0.618. The normalized spacial score (nSPS) is 11.0. The first kappa shape index (κ1) is 10.7. The lowest BCUT2D eigenvalue weighted by Gasteiger charge is -2.07. The van der Waals surface area contributed by atoms with Gasteiger partial charge in [0.15, 0.2) is 0 Å². The van der Waals surface area contributed by atoms with Crippen molar-refractivity contribution in [2.75, 3.05) is 5.73 Å². The number of halogens is 2. The number of hydrogen-bond donors (Lipinski definition) is 1. The quantitative estimate of drug-likeness (QED) is 0.716. The van der Waals surface area contributed by atoms with Crippen molar-refractivity contribution in [1.82, 2.24) is 9.55 Å². The lowest BCUT2D eigenvalue weighted by atomic mass is 10.2. The highest BCUT2D eigenvalue weighted by atomic mass is 19.1. The second-order valence-corrected chi connectivity index (χ2v) is 3.89. The Morgan fingerprint density at radius 1 is 1.06 bits per heavy atom. The highest BCUT2D eigenvalue weighted by molar-refractivity contribution is 5.80. The number of nitrogens with zero attached hydrogens (tertiary/aromatic N) is 2. The van der Waals surface area contributed by atoms with E-state index < -0.39 is 11.6 Å². The summed E-state index contributed by atoms with van der Waals surface area (Å²) >= 11 is 0. The van der Waals surface area contributed by atoms with Crippen LogP contribution in [-0.4, -0.2) is 9.55 Å². The number of fused-ring (bicyclic) bond motifs is 1. The zero-order valence-corrected chi connectivity index (χ0v) is 9.27. The van der Waals surface area contributed by atoms with Gasteiger partial charge in [0, 0.05) is 6.07 Å². The van der Waals surface area contributed by atoms with Gasteiger partial charge >= 0.3 is 0 Å². The van der Waals surface area contributed by atoms with Crippen LogP contribution in [-0.2, 0) is 0 Å². The Labute approximate surface area is 101 Å². The molecule has 0 spiro atoms. The van der Waals surface area contributed by atoms with E-state index in [1.54, 1.807) is 18.2 Å². The van der Waals surface area contributed by atoms with Gasteiger partial charge in [-0.05, 0) is 24.3 Å². The van der Waals surface area contributed by atoms with Gasteiger partial charge in [-0.15, -0.1) is 0 Å². The van der Waals surface area contributed by atoms with Crippen LogP contribution in [0.25, 0.3) is 16.7 Å². The second-order valence-electron chi connectivity index (χ2n) is 3.89. The van der Waals surface area contributed by atoms with Crippen molar-refractivity contribution in [1.29, 1.82) is 0 Å².